The Hall–Kier alpha value is -0.340. The molecule has 1 rings (SSSR count). The summed E-state index contributed by atoms with van der Waals surface area (Å²) in [5.41, 5.74) is 2.64. The van der Waals surface area contributed by atoms with Gasteiger partial charge in [-0.15, -0.1) is 0 Å². The minimum Gasteiger partial charge on any atom is -0.396 e. The second-order valence-corrected chi connectivity index (χ2v) is 5.39. The average Bonchev–Trinajstić information content (AvgIpc) is 2.02. The predicted molar refractivity (Wildman–Crippen MR) is 63.6 cm³/mol. The maximum atomic E-state index is 8.82. The molecule has 14 heavy (non-hydrogen) atoms. The van der Waals surface area contributed by atoms with E-state index in [9.17, 15) is 0 Å². The Morgan fingerprint density at radius 3 is 2.36 bits per heavy atom. The first-order chi connectivity index (χ1) is 6.45. The fraction of sp³-hybridized carbons (Fsp3) is 0.500. The van der Waals surface area contributed by atoms with Gasteiger partial charge in [-0.1, -0.05) is 48.8 Å². The van der Waals surface area contributed by atoms with Crippen molar-refractivity contribution in [1.82, 2.24) is 0 Å². The van der Waals surface area contributed by atoms with Crippen LogP contribution in [0.4, 0.5) is 0 Å². The topological polar surface area (TPSA) is 20.2 Å². The molecule has 2 heteroatoms. The van der Waals surface area contributed by atoms with Gasteiger partial charge in [0, 0.05) is 11.1 Å². The molecular weight excluding hydrogens is 240 g/mol. The Bertz CT molecular complexity index is 313. The Morgan fingerprint density at radius 1 is 1.29 bits per heavy atom. The lowest BCUT2D eigenvalue weighted by molar-refractivity contribution is 0.299. The minimum absolute atomic E-state index is 0.163. The van der Waals surface area contributed by atoms with Gasteiger partial charge in [-0.25, -0.2) is 0 Å². The van der Waals surface area contributed by atoms with E-state index in [4.69, 9.17) is 5.11 Å². The van der Waals surface area contributed by atoms with Crippen molar-refractivity contribution >= 4 is 15.9 Å². The normalized spacial score (nSPS) is 11.8. The molecule has 1 nitrogen and oxygen atoms in total. The van der Waals surface area contributed by atoms with Crippen LogP contribution in [0.2, 0.25) is 0 Å². The summed E-state index contributed by atoms with van der Waals surface area (Å²) in [6, 6.07) is 6.31. The zero-order valence-electron chi connectivity index (χ0n) is 8.97. The van der Waals surface area contributed by atoms with Gasteiger partial charge in [0.15, 0.2) is 0 Å². The summed E-state index contributed by atoms with van der Waals surface area (Å²) in [4.78, 5) is 0. The van der Waals surface area contributed by atoms with Crippen LogP contribution in [-0.2, 0) is 11.8 Å². The molecule has 1 aromatic carbocycles. The highest BCUT2D eigenvalue weighted by atomic mass is 79.9. The third-order valence-electron chi connectivity index (χ3n) is 2.24. The second kappa shape index (κ2) is 4.45. The Morgan fingerprint density at radius 2 is 1.93 bits per heavy atom. The molecule has 0 bridgehead atoms. The third kappa shape index (κ3) is 2.82. The van der Waals surface area contributed by atoms with Crippen LogP contribution in [-0.4, -0.2) is 11.7 Å². The number of hydrogen-bond acceptors (Lipinski definition) is 1. The van der Waals surface area contributed by atoms with E-state index in [1.54, 1.807) is 0 Å². The summed E-state index contributed by atoms with van der Waals surface area (Å²) in [6.07, 6.45) is 0.725. The van der Waals surface area contributed by atoms with Crippen LogP contribution >= 0.6 is 15.9 Å². The average molecular weight is 257 g/mol. The Kier molecular flexibility index (Phi) is 3.73. The van der Waals surface area contributed by atoms with E-state index < -0.39 is 0 Å². The first kappa shape index (κ1) is 11.7. The third-order valence-corrected chi connectivity index (χ3v) is 2.90. The largest absolute Gasteiger partial charge is 0.396 e. The van der Waals surface area contributed by atoms with Crippen LogP contribution in [0.3, 0.4) is 0 Å². The molecule has 0 saturated heterocycles. The maximum Gasteiger partial charge on any atom is 0.0471 e. The summed E-state index contributed by atoms with van der Waals surface area (Å²) in [6.45, 7) is 6.79. The first-order valence-electron chi connectivity index (χ1n) is 4.85. The van der Waals surface area contributed by atoms with Gasteiger partial charge in [-0.05, 0) is 29.0 Å². The molecule has 0 fully saturated rings. The number of aliphatic hydroxyl groups is 1. The Labute approximate surface area is 94.3 Å². The molecule has 0 radical (unpaired) electrons. The fourth-order valence-electron chi connectivity index (χ4n) is 1.45. The lowest BCUT2D eigenvalue weighted by atomic mass is 9.86. The molecule has 0 aliphatic carbocycles. The number of halogens is 1. The van der Waals surface area contributed by atoms with Crippen molar-refractivity contribution in [2.45, 2.75) is 32.6 Å². The lowest BCUT2D eigenvalue weighted by Crippen LogP contribution is -2.12. The molecule has 0 aliphatic rings. The minimum atomic E-state index is 0.163. The maximum absolute atomic E-state index is 8.82. The van der Waals surface area contributed by atoms with Crippen molar-refractivity contribution in [3.05, 3.63) is 33.8 Å². The molecule has 0 aliphatic heterocycles. The summed E-state index contributed by atoms with van der Waals surface area (Å²) in [5, 5.41) is 8.82. The smallest absolute Gasteiger partial charge is 0.0471 e. The van der Waals surface area contributed by atoms with Gasteiger partial charge >= 0.3 is 0 Å². The molecule has 0 unspecified atom stereocenters. The molecule has 0 spiro atoms. The SMILES string of the molecule is CC(C)(C)c1ccc(CCO)cc1Br. The van der Waals surface area contributed by atoms with Crippen molar-refractivity contribution in [2.75, 3.05) is 6.61 Å². The van der Waals surface area contributed by atoms with Gasteiger partial charge in [0.1, 0.15) is 0 Å². The van der Waals surface area contributed by atoms with Gasteiger partial charge in [0.2, 0.25) is 0 Å². The van der Waals surface area contributed by atoms with Crippen LogP contribution < -0.4 is 0 Å². The van der Waals surface area contributed by atoms with Gasteiger partial charge in [-0.3, -0.25) is 0 Å². The number of rotatable bonds is 2. The molecule has 0 atom stereocenters. The highest BCUT2D eigenvalue weighted by Crippen LogP contribution is 2.30. The van der Waals surface area contributed by atoms with Crippen LogP contribution in [0.25, 0.3) is 0 Å². The molecule has 0 saturated carbocycles. The lowest BCUT2D eigenvalue weighted by Gasteiger charge is -2.21. The van der Waals surface area contributed by atoms with E-state index in [2.05, 4.69) is 54.9 Å². The number of hydrogen-bond donors (Lipinski definition) is 1. The molecule has 0 aromatic heterocycles. The van der Waals surface area contributed by atoms with Crippen LogP contribution in [0, 0.1) is 0 Å². The highest BCUT2D eigenvalue weighted by Gasteiger charge is 2.16. The summed E-state index contributed by atoms with van der Waals surface area (Å²) in [5.74, 6) is 0. The molecule has 0 heterocycles. The van der Waals surface area contributed by atoms with Gasteiger partial charge in [-0.2, -0.15) is 0 Å². The van der Waals surface area contributed by atoms with Crippen molar-refractivity contribution in [3.8, 4) is 0 Å². The fourth-order valence-corrected chi connectivity index (χ4v) is 2.47. The van der Waals surface area contributed by atoms with E-state index in [-0.39, 0.29) is 12.0 Å². The molecule has 0 amide bonds. The Balaban J connectivity index is 3.02. The van der Waals surface area contributed by atoms with Crippen LogP contribution in [0.5, 0.6) is 0 Å². The number of benzene rings is 1. The van der Waals surface area contributed by atoms with E-state index in [0.717, 1.165) is 10.9 Å². The molecule has 1 aromatic rings. The standard InChI is InChI=1S/C12H17BrO/c1-12(2,3)10-5-4-9(6-7-14)8-11(10)13/h4-5,8,14H,6-7H2,1-3H3. The molecule has 1 N–H and O–H groups in total. The summed E-state index contributed by atoms with van der Waals surface area (Å²) < 4.78 is 1.14. The van der Waals surface area contributed by atoms with Crippen molar-refractivity contribution < 1.29 is 5.11 Å². The van der Waals surface area contributed by atoms with Crippen LogP contribution in [0.15, 0.2) is 22.7 Å². The quantitative estimate of drug-likeness (QED) is 0.862. The number of aliphatic hydroxyl groups excluding tert-OH is 1. The van der Waals surface area contributed by atoms with Crippen LogP contribution in [0.1, 0.15) is 31.9 Å². The van der Waals surface area contributed by atoms with E-state index in [0.29, 0.717) is 0 Å². The van der Waals surface area contributed by atoms with Crippen molar-refractivity contribution in [1.29, 1.82) is 0 Å². The monoisotopic (exact) mass is 256 g/mol. The van der Waals surface area contributed by atoms with Gasteiger partial charge in [0.25, 0.3) is 0 Å². The zero-order valence-corrected chi connectivity index (χ0v) is 10.6. The highest BCUT2D eigenvalue weighted by molar-refractivity contribution is 9.10. The summed E-state index contributed by atoms with van der Waals surface area (Å²) in [7, 11) is 0. The summed E-state index contributed by atoms with van der Waals surface area (Å²) >= 11 is 3.57. The predicted octanol–water partition coefficient (Wildman–Crippen LogP) is 3.28. The first-order valence-corrected chi connectivity index (χ1v) is 5.64. The molecular formula is C12H17BrO. The van der Waals surface area contributed by atoms with E-state index in [1.807, 2.05) is 0 Å². The van der Waals surface area contributed by atoms with E-state index in [1.165, 1.54) is 11.1 Å². The van der Waals surface area contributed by atoms with Gasteiger partial charge in [0.05, 0.1) is 0 Å². The second-order valence-electron chi connectivity index (χ2n) is 4.54. The van der Waals surface area contributed by atoms with E-state index >= 15 is 0 Å². The molecule has 78 valence electrons. The zero-order chi connectivity index (χ0) is 10.8. The van der Waals surface area contributed by atoms with Crippen molar-refractivity contribution in [2.24, 2.45) is 0 Å². The van der Waals surface area contributed by atoms with Gasteiger partial charge < -0.3 is 5.11 Å². The van der Waals surface area contributed by atoms with Crippen molar-refractivity contribution in [3.63, 3.8) is 0 Å².